The van der Waals surface area contributed by atoms with Gasteiger partial charge in [0.25, 0.3) is 0 Å². The molecular weight excluding hydrogens is 468 g/mol. The molecule has 3 aromatic carbocycles. The van der Waals surface area contributed by atoms with Gasteiger partial charge in [-0.05, 0) is 61.1 Å². The highest BCUT2D eigenvalue weighted by atomic mass is 16.6. The van der Waals surface area contributed by atoms with E-state index in [1.54, 1.807) is 11.6 Å². The van der Waals surface area contributed by atoms with Crippen LogP contribution in [0, 0.1) is 6.92 Å². The van der Waals surface area contributed by atoms with Crippen LogP contribution in [0.1, 0.15) is 42.7 Å². The molecule has 1 saturated carbocycles. The molecule has 1 aliphatic carbocycles. The molecule has 8 heteroatoms. The second-order valence-electron chi connectivity index (χ2n) is 9.22. The lowest BCUT2D eigenvalue weighted by Crippen LogP contribution is -2.21. The smallest absolute Gasteiger partial charge is 0.413 e. The average Bonchev–Trinajstić information content (AvgIpc) is 3.67. The molecular formula is C29H28N4O4. The highest BCUT2D eigenvalue weighted by molar-refractivity contribution is 5.87. The Kier molecular flexibility index (Phi) is 6.48. The zero-order valence-corrected chi connectivity index (χ0v) is 21.0. The van der Waals surface area contributed by atoms with E-state index in [0.717, 1.165) is 40.8 Å². The Morgan fingerprint density at radius 2 is 1.70 bits per heavy atom. The van der Waals surface area contributed by atoms with Gasteiger partial charge < -0.3 is 9.47 Å². The summed E-state index contributed by atoms with van der Waals surface area (Å²) in [5, 5.41) is 11.2. The fraction of sp³-hybridized carbons (Fsp3) is 0.241. The Morgan fingerprint density at radius 1 is 0.973 bits per heavy atom. The van der Waals surface area contributed by atoms with Crippen LogP contribution in [0.5, 0.6) is 0 Å². The van der Waals surface area contributed by atoms with Crippen molar-refractivity contribution < 1.29 is 19.1 Å². The number of hydrogen-bond donors (Lipinski definition) is 1. The maximum atomic E-state index is 12.7. The molecule has 1 heterocycles. The second kappa shape index (κ2) is 9.89. The molecule has 1 aliphatic rings. The molecule has 188 valence electrons. The van der Waals surface area contributed by atoms with Crippen LogP contribution >= 0.6 is 0 Å². The van der Waals surface area contributed by atoms with Gasteiger partial charge in [-0.2, -0.15) is 4.68 Å². The number of carbonyl (C=O) groups is 2. The van der Waals surface area contributed by atoms with E-state index in [-0.39, 0.29) is 5.97 Å². The minimum absolute atomic E-state index is 0.180. The molecule has 1 unspecified atom stereocenters. The van der Waals surface area contributed by atoms with E-state index in [4.69, 9.17) is 9.47 Å². The van der Waals surface area contributed by atoms with Gasteiger partial charge in [0.05, 0.1) is 18.2 Å². The number of benzene rings is 3. The summed E-state index contributed by atoms with van der Waals surface area (Å²) in [4.78, 5) is 24.9. The highest BCUT2D eigenvalue weighted by Gasteiger charge is 2.52. The van der Waals surface area contributed by atoms with Crippen molar-refractivity contribution in [3.05, 3.63) is 95.7 Å². The van der Waals surface area contributed by atoms with Gasteiger partial charge in [-0.15, -0.1) is 5.10 Å². The van der Waals surface area contributed by atoms with Crippen LogP contribution in [-0.4, -0.2) is 34.2 Å². The number of hydrogen-bond acceptors (Lipinski definition) is 6. The summed E-state index contributed by atoms with van der Waals surface area (Å²) in [6.07, 6.45) is 0.616. The number of nitrogens with one attached hydrogen (secondary N) is 1. The molecule has 0 spiro atoms. The van der Waals surface area contributed by atoms with Gasteiger partial charge >= 0.3 is 12.1 Å². The SMILES string of the molecule is COC(=O)C1(c2ccc(-c3cccc(-n4nnc(C)c4NC(=O)OC(C)c4ccccc4)c3)cc2)CC1. The van der Waals surface area contributed by atoms with Crippen LogP contribution < -0.4 is 5.32 Å². The monoisotopic (exact) mass is 496 g/mol. The van der Waals surface area contributed by atoms with Crippen molar-refractivity contribution in [2.45, 2.75) is 38.2 Å². The third kappa shape index (κ3) is 4.82. The molecule has 37 heavy (non-hydrogen) atoms. The van der Waals surface area contributed by atoms with Crippen molar-refractivity contribution in [3.63, 3.8) is 0 Å². The summed E-state index contributed by atoms with van der Waals surface area (Å²) in [7, 11) is 1.43. The summed E-state index contributed by atoms with van der Waals surface area (Å²) in [5.74, 6) is 0.257. The van der Waals surface area contributed by atoms with Crippen LogP contribution in [0.3, 0.4) is 0 Å². The zero-order chi connectivity index (χ0) is 26.0. The lowest BCUT2D eigenvalue weighted by molar-refractivity contribution is -0.143. The molecule has 1 fully saturated rings. The van der Waals surface area contributed by atoms with E-state index < -0.39 is 17.6 Å². The lowest BCUT2D eigenvalue weighted by Gasteiger charge is -2.15. The third-order valence-electron chi connectivity index (χ3n) is 6.80. The predicted molar refractivity (Wildman–Crippen MR) is 139 cm³/mol. The fourth-order valence-corrected chi connectivity index (χ4v) is 4.49. The number of anilines is 1. The van der Waals surface area contributed by atoms with Crippen molar-refractivity contribution in [2.75, 3.05) is 12.4 Å². The van der Waals surface area contributed by atoms with Crippen molar-refractivity contribution in [1.29, 1.82) is 0 Å². The first-order chi connectivity index (χ1) is 17.9. The Hall–Kier alpha value is -4.46. The van der Waals surface area contributed by atoms with E-state index in [1.165, 1.54) is 7.11 Å². The van der Waals surface area contributed by atoms with Gasteiger partial charge in [0.1, 0.15) is 11.8 Å². The molecule has 0 saturated heterocycles. The Balaban J connectivity index is 1.35. The lowest BCUT2D eigenvalue weighted by atomic mass is 9.93. The number of rotatable bonds is 7. The third-order valence-corrected chi connectivity index (χ3v) is 6.80. The predicted octanol–water partition coefficient (Wildman–Crippen LogP) is 5.76. The highest BCUT2D eigenvalue weighted by Crippen LogP contribution is 2.49. The molecule has 1 amide bonds. The van der Waals surface area contributed by atoms with E-state index in [1.807, 2.05) is 85.8 Å². The van der Waals surface area contributed by atoms with Gasteiger partial charge in [0, 0.05) is 0 Å². The molecule has 0 bridgehead atoms. The molecule has 1 aromatic heterocycles. The van der Waals surface area contributed by atoms with Crippen LogP contribution in [0.2, 0.25) is 0 Å². The summed E-state index contributed by atoms with van der Waals surface area (Å²) >= 11 is 0. The summed E-state index contributed by atoms with van der Waals surface area (Å²) in [6, 6.07) is 25.3. The van der Waals surface area contributed by atoms with Gasteiger partial charge in [0.15, 0.2) is 5.82 Å². The first kappa shape index (κ1) is 24.2. The number of carbonyl (C=O) groups excluding carboxylic acids is 2. The first-order valence-corrected chi connectivity index (χ1v) is 12.2. The molecule has 0 radical (unpaired) electrons. The van der Waals surface area contributed by atoms with Crippen LogP contribution in [0.4, 0.5) is 10.6 Å². The minimum atomic E-state index is -0.589. The normalized spacial score (nSPS) is 14.5. The molecule has 1 atom stereocenters. The number of methoxy groups -OCH3 is 1. The molecule has 1 N–H and O–H groups in total. The maximum absolute atomic E-state index is 12.7. The summed E-state index contributed by atoms with van der Waals surface area (Å²) < 4.78 is 12.1. The van der Waals surface area contributed by atoms with Gasteiger partial charge in [-0.1, -0.05) is 71.9 Å². The number of amides is 1. The van der Waals surface area contributed by atoms with E-state index in [2.05, 4.69) is 15.6 Å². The van der Waals surface area contributed by atoms with Crippen molar-refractivity contribution in [3.8, 4) is 16.8 Å². The first-order valence-electron chi connectivity index (χ1n) is 12.2. The van der Waals surface area contributed by atoms with E-state index in [9.17, 15) is 9.59 Å². The standard InChI is InChI=1S/C29H28N4O4/c1-19-26(30-28(35)37-20(2)21-8-5-4-6-9-21)33(32-31-19)25-11-7-10-23(18-25)22-12-14-24(15-13-22)29(16-17-29)27(34)36-3/h4-15,18,20H,16-17H2,1-3H3,(H,30,35). The van der Waals surface area contributed by atoms with Crippen molar-refractivity contribution in [1.82, 2.24) is 15.0 Å². The Bertz CT molecular complexity index is 1430. The topological polar surface area (TPSA) is 95.3 Å². The summed E-state index contributed by atoms with van der Waals surface area (Å²) in [5.41, 5.74) is 4.64. The molecule has 0 aliphatic heterocycles. The molecule has 5 rings (SSSR count). The largest absolute Gasteiger partial charge is 0.468 e. The number of aryl methyl sites for hydroxylation is 1. The van der Waals surface area contributed by atoms with Crippen LogP contribution in [-0.2, 0) is 19.7 Å². The van der Waals surface area contributed by atoms with Gasteiger partial charge in [-0.3, -0.25) is 10.1 Å². The quantitative estimate of drug-likeness (QED) is 0.327. The Labute approximate surface area is 215 Å². The Morgan fingerprint density at radius 3 is 2.38 bits per heavy atom. The fourth-order valence-electron chi connectivity index (χ4n) is 4.49. The van der Waals surface area contributed by atoms with Gasteiger partial charge in [-0.25, -0.2) is 4.79 Å². The molecule has 8 nitrogen and oxygen atoms in total. The zero-order valence-electron chi connectivity index (χ0n) is 21.0. The number of aromatic nitrogens is 3. The van der Waals surface area contributed by atoms with E-state index in [0.29, 0.717) is 11.5 Å². The summed E-state index contributed by atoms with van der Waals surface area (Å²) in [6.45, 7) is 3.60. The maximum Gasteiger partial charge on any atom is 0.413 e. The second-order valence-corrected chi connectivity index (χ2v) is 9.22. The van der Waals surface area contributed by atoms with Crippen molar-refractivity contribution >= 4 is 17.9 Å². The average molecular weight is 497 g/mol. The number of nitrogens with zero attached hydrogens (tertiary/aromatic N) is 3. The molecule has 4 aromatic rings. The van der Waals surface area contributed by atoms with Crippen LogP contribution in [0.25, 0.3) is 16.8 Å². The number of ether oxygens (including phenoxy) is 2. The van der Waals surface area contributed by atoms with Gasteiger partial charge in [0.2, 0.25) is 0 Å². The van der Waals surface area contributed by atoms with E-state index >= 15 is 0 Å². The van der Waals surface area contributed by atoms with Crippen LogP contribution in [0.15, 0.2) is 78.9 Å². The minimum Gasteiger partial charge on any atom is -0.468 e. The van der Waals surface area contributed by atoms with Crippen molar-refractivity contribution in [2.24, 2.45) is 0 Å². The number of esters is 1.